The van der Waals surface area contributed by atoms with Gasteiger partial charge in [-0.25, -0.2) is 0 Å². The zero-order valence-electron chi connectivity index (χ0n) is 12.1. The Kier molecular flexibility index (Phi) is 3.67. The molecule has 1 aliphatic rings. The minimum absolute atomic E-state index is 0.183. The molecule has 0 saturated heterocycles. The minimum atomic E-state index is -0.183. The molecule has 1 aromatic rings. The second kappa shape index (κ2) is 4.93. The molecular weight excluding hydrogens is 224 g/mol. The highest BCUT2D eigenvalue weighted by Crippen LogP contribution is 2.40. The van der Waals surface area contributed by atoms with Gasteiger partial charge in [-0.1, -0.05) is 13.0 Å². The van der Waals surface area contributed by atoms with E-state index in [9.17, 15) is 0 Å². The maximum Gasteiger partial charge on any atom is 0.119 e. The van der Waals surface area contributed by atoms with E-state index in [0.717, 1.165) is 18.8 Å². The summed E-state index contributed by atoms with van der Waals surface area (Å²) in [5, 5.41) is 0. The lowest BCUT2D eigenvalue weighted by Crippen LogP contribution is -2.32. The van der Waals surface area contributed by atoms with Crippen LogP contribution in [0.5, 0.6) is 5.75 Å². The normalized spacial score (nSPS) is 21.8. The molecule has 0 saturated carbocycles. The van der Waals surface area contributed by atoms with E-state index in [2.05, 4.69) is 52.8 Å². The van der Waals surface area contributed by atoms with Crippen molar-refractivity contribution in [3.63, 3.8) is 0 Å². The van der Waals surface area contributed by atoms with Crippen molar-refractivity contribution in [2.45, 2.75) is 58.7 Å². The Morgan fingerprint density at radius 3 is 2.72 bits per heavy atom. The number of ether oxygens (including phenoxy) is 2. The van der Waals surface area contributed by atoms with E-state index in [1.165, 1.54) is 11.1 Å². The van der Waals surface area contributed by atoms with Gasteiger partial charge in [-0.05, 0) is 57.4 Å². The number of benzene rings is 1. The largest absolute Gasteiger partial charge is 0.491 e. The van der Waals surface area contributed by atoms with Gasteiger partial charge in [0.1, 0.15) is 5.75 Å². The summed E-state index contributed by atoms with van der Waals surface area (Å²) in [7, 11) is 0. The lowest BCUT2D eigenvalue weighted by Gasteiger charge is -2.37. The van der Waals surface area contributed by atoms with E-state index < -0.39 is 0 Å². The standard InChI is InChI=1S/C16H24O2/c1-6-12-10-17-16(4,5)15-8-7-13(9-14(12)15)18-11(2)3/h7-9,11-12H,6,10H2,1-5H3. The molecule has 1 heterocycles. The summed E-state index contributed by atoms with van der Waals surface area (Å²) < 4.78 is 11.8. The molecule has 2 heteroatoms. The third kappa shape index (κ3) is 2.54. The maximum absolute atomic E-state index is 5.98. The van der Waals surface area contributed by atoms with Crippen molar-refractivity contribution in [2.75, 3.05) is 6.61 Å². The van der Waals surface area contributed by atoms with E-state index in [1.54, 1.807) is 0 Å². The van der Waals surface area contributed by atoms with Gasteiger partial charge in [-0.3, -0.25) is 0 Å². The van der Waals surface area contributed by atoms with Gasteiger partial charge in [-0.2, -0.15) is 0 Å². The van der Waals surface area contributed by atoms with Crippen molar-refractivity contribution >= 4 is 0 Å². The van der Waals surface area contributed by atoms with E-state index in [0.29, 0.717) is 5.92 Å². The molecule has 0 fully saturated rings. The van der Waals surface area contributed by atoms with Crippen LogP contribution in [-0.2, 0) is 10.3 Å². The molecule has 1 atom stereocenters. The molecule has 0 aliphatic carbocycles. The van der Waals surface area contributed by atoms with Crippen molar-refractivity contribution in [1.82, 2.24) is 0 Å². The van der Waals surface area contributed by atoms with Crippen molar-refractivity contribution in [3.05, 3.63) is 29.3 Å². The SMILES string of the molecule is CCC1COC(C)(C)c2ccc(OC(C)C)cc21. The van der Waals surface area contributed by atoms with Crippen LogP contribution in [0.2, 0.25) is 0 Å². The Bertz CT molecular complexity index is 421. The highest BCUT2D eigenvalue weighted by atomic mass is 16.5. The Morgan fingerprint density at radius 1 is 1.39 bits per heavy atom. The first-order valence-corrected chi connectivity index (χ1v) is 6.89. The van der Waals surface area contributed by atoms with Crippen molar-refractivity contribution in [3.8, 4) is 5.75 Å². The Morgan fingerprint density at radius 2 is 2.11 bits per heavy atom. The molecule has 1 aromatic carbocycles. The van der Waals surface area contributed by atoms with Crippen LogP contribution in [0, 0.1) is 0 Å². The molecule has 0 spiro atoms. The summed E-state index contributed by atoms with van der Waals surface area (Å²) in [5.74, 6) is 1.46. The van der Waals surface area contributed by atoms with E-state index in [4.69, 9.17) is 9.47 Å². The highest BCUT2D eigenvalue weighted by Gasteiger charge is 2.32. The van der Waals surface area contributed by atoms with E-state index in [-0.39, 0.29) is 11.7 Å². The average Bonchev–Trinajstić information content (AvgIpc) is 2.28. The van der Waals surface area contributed by atoms with Gasteiger partial charge in [-0.15, -0.1) is 0 Å². The summed E-state index contributed by atoms with van der Waals surface area (Å²) in [4.78, 5) is 0. The summed E-state index contributed by atoms with van der Waals surface area (Å²) >= 11 is 0. The minimum Gasteiger partial charge on any atom is -0.491 e. The monoisotopic (exact) mass is 248 g/mol. The zero-order valence-corrected chi connectivity index (χ0v) is 12.1. The fraction of sp³-hybridized carbons (Fsp3) is 0.625. The molecule has 2 nitrogen and oxygen atoms in total. The van der Waals surface area contributed by atoms with Crippen LogP contribution in [0.25, 0.3) is 0 Å². The van der Waals surface area contributed by atoms with E-state index >= 15 is 0 Å². The number of rotatable bonds is 3. The van der Waals surface area contributed by atoms with Gasteiger partial charge in [0.05, 0.1) is 18.3 Å². The summed E-state index contributed by atoms with van der Waals surface area (Å²) in [6, 6.07) is 6.42. The van der Waals surface area contributed by atoms with E-state index in [1.807, 2.05) is 0 Å². The van der Waals surface area contributed by atoms with Crippen LogP contribution < -0.4 is 4.74 Å². The van der Waals surface area contributed by atoms with Crippen LogP contribution in [0.4, 0.5) is 0 Å². The van der Waals surface area contributed by atoms with Gasteiger partial charge in [0.15, 0.2) is 0 Å². The lowest BCUT2D eigenvalue weighted by atomic mass is 9.82. The molecule has 0 radical (unpaired) electrons. The first-order chi connectivity index (χ1) is 8.44. The zero-order chi connectivity index (χ0) is 13.3. The topological polar surface area (TPSA) is 18.5 Å². The van der Waals surface area contributed by atoms with Crippen LogP contribution in [0.1, 0.15) is 58.1 Å². The van der Waals surface area contributed by atoms with Gasteiger partial charge < -0.3 is 9.47 Å². The van der Waals surface area contributed by atoms with Gasteiger partial charge >= 0.3 is 0 Å². The van der Waals surface area contributed by atoms with Crippen molar-refractivity contribution < 1.29 is 9.47 Å². The second-order valence-electron chi connectivity index (χ2n) is 5.84. The number of hydrogen-bond donors (Lipinski definition) is 0. The van der Waals surface area contributed by atoms with Crippen LogP contribution in [-0.4, -0.2) is 12.7 Å². The predicted molar refractivity (Wildman–Crippen MR) is 74.2 cm³/mol. The first kappa shape index (κ1) is 13.4. The summed E-state index contributed by atoms with van der Waals surface area (Å²) in [6.45, 7) is 11.4. The van der Waals surface area contributed by atoms with Gasteiger partial charge in [0.2, 0.25) is 0 Å². The molecule has 0 bridgehead atoms. The Labute approximate surface area is 110 Å². The predicted octanol–water partition coefficient (Wildman–Crippen LogP) is 4.23. The smallest absolute Gasteiger partial charge is 0.119 e. The van der Waals surface area contributed by atoms with Crippen LogP contribution in [0.15, 0.2) is 18.2 Å². The third-order valence-corrected chi connectivity index (χ3v) is 3.62. The summed E-state index contributed by atoms with van der Waals surface area (Å²) in [5.41, 5.74) is 2.51. The van der Waals surface area contributed by atoms with Crippen molar-refractivity contribution in [2.24, 2.45) is 0 Å². The Hall–Kier alpha value is -1.02. The Balaban J connectivity index is 2.41. The van der Waals surface area contributed by atoms with Crippen LogP contribution >= 0.6 is 0 Å². The number of hydrogen-bond acceptors (Lipinski definition) is 2. The average molecular weight is 248 g/mol. The van der Waals surface area contributed by atoms with Crippen LogP contribution in [0.3, 0.4) is 0 Å². The molecule has 0 N–H and O–H groups in total. The highest BCUT2D eigenvalue weighted by molar-refractivity contribution is 5.42. The van der Waals surface area contributed by atoms with Crippen molar-refractivity contribution in [1.29, 1.82) is 0 Å². The fourth-order valence-corrected chi connectivity index (χ4v) is 2.59. The fourth-order valence-electron chi connectivity index (χ4n) is 2.59. The van der Waals surface area contributed by atoms with Gasteiger partial charge in [0.25, 0.3) is 0 Å². The molecule has 0 amide bonds. The van der Waals surface area contributed by atoms with Gasteiger partial charge in [0, 0.05) is 5.92 Å². The third-order valence-electron chi connectivity index (χ3n) is 3.62. The lowest BCUT2D eigenvalue weighted by molar-refractivity contribution is -0.0433. The molecule has 0 aromatic heterocycles. The first-order valence-electron chi connectivity index (χ1n) is 6.89. The quantitative estimate of drug-likeness (QED) is 0.797. The summed E-state index contributed by atoms with van der Waals surface area (Å²) in [6.07, 6.45) is 1.32. The molecular formula is C16H24O2. The molecule has 1 unspecified atom stereocenters. The number of fused-ring (bicyclic) bond motifs is 1. The maximum atomic E-state index is 5.98. The second-order valence-corrected chi connectivity index (χ2v) is 5.84. The molecule has 100 valence electrons. The molecule has 18 heavy (non-hydrogen) atoms. The molecule has 1 aliphatic heterocycles. The molecule has 2 rings (SSSR count).